The van der Waals surface area contributed by atoms with Gasteiger partial charge in [0.15, 0.2) is 0 Å². The molecule has 0 bridgehead atoms. The highest BCUT2D eigenvalue weighted by Gasteiger charge is 2.40. The van der Waals surface area contributed by atoms with Crippen LogP contribution in [-0.2, 0) is 9.53 Å². The normalized spacial score (nSPS) is 17.4. The first kappa shape index (κ1) is 14.9. The summed E-state index contributed by atoms with van der Waals surface area (Å²) in [5, 5.41) is 3.33. The summed E-state index contributed by atoms with van der Waals surface area (Å²) in [6, 6.07) is 8.22. The number of hydrogen-bond donors (Lipinski definition) is 1. The van der Waals surface area contributed by atoms with Crippen molar-refractivity contribution in [2.24, 2.45) is 0 Å². The fourth-order valence-corrected chi connectivity index (χ4v) is 1.99. The summed E-state index contributed by atoms with van der Waals surface area (Å²) in [5.74, 6) is 0.516. The van der Waals surface area contributed by atoms with E-state index in [1.54, 1.807) is 0 Å². The van der Waals surface area contributed by atoms with Crippen LogP contribution in [0.4, 0.5) is 0 Å². The molecule has 1 unspecified atom stereocenters. The Bertz CT molecular complexity index is 453. The van der Waals surface area contributed by atoms with Crippen LogP contribution in [-0.4, -0.2) is 30.8 Å². The van der Waals surface area contributed by atoms with E-state index < -0.39 is 5.54 Å². The van der Waals surface area contributed by atoms with Crippen molar-refractivity contribution in [3.05, 3.63) is 29.8 Å². The predicted molar refractivity (Wildman–Crippen MR) is 77.9 cm³/mol. The highest BCUT2D eigenvalue weighted by Crippen LogP contribution is 2.24. The second-order valence-corrected chi connectivity index (χ2v) is 5.57. The Labute approximate surface area is 120 Å². The van der Waals surface area contributed by atoms with Crippen LogP contribution in [0.15, 0.2) is 24.3 Å². The third-order valence-corrected chi connectivity index (χ3v) is 3.37. The number of carbonyl (C=O) groups is 1. The highest BCUT2D eigenvalue weighted by molar-refractivity contribution is 5.80. The molecule has 1 fully saturated rings. The fourth-order valence-electron chi connectivity index (χ4n) is 1.99. The Morgan fingerprint density at radius 3 is 2.55 bits per heavy atom. The van der Waals surface area contributed by atoms with E-state index in [1.165, 1.54) is 5.56 Å². The van der Waals surface area contributed by atoms with E-state index in [-0.39, 0.29) is 12.6 Å². The van der Waals surface area contributed by atoms with Crippen molar-refractivity contribution < 1.29 is 14.3 Å². The van der Waals surface area contributed by atoms with Gasteiger partial charge in [0.2, 0.25) is 0 Å². The number of nitrogens with one attached hydrogen (secondary N) is 1. The molecule has 1 saturated carbocycles. The third-order valence-electron chi connectivity index (χ3n) is 3.37. The van der Waals surface area contributed by atoms with Crippen molar-refractivity contribution in [2.45, 2.75) is 45.2 Å². The zero-order valence-corrected chi connectivity index (χ0v) is 12.4. The molecular weight excluding hydrogens is 254 g/mol. The number of hydrogen-bond acceptors (Lipinski definition) is 4. The Morgan fingerprint density at radius 2 is 2.00 bits per heavy atom. The van der Waals surface area contributed by atoms with Gasteiger partial charge in [-0.25, -0.2) is 4.79 Å². The van der Waals surface area contributed by atoms with Gasteiger partial charge in [-0.1, -0.05) is 17.7 Å². The first-order chi connectivity index (χ1) is 9.53. The summed E-state index contributed by atoms with van der Waals surface area (Å²) in [4.78, 5) is 12.1. The summed E-state index contributed by atoms with van der Waals surface area (Å²) in [5.41, 5.74) is 0.392. The third kappa shape index (κ3) is 3.97. The zero-order chi connectivity index (χ0) is 14.6. The fraction of sp³-hybridized carbons (Fsp3) is 0.562. The van der Waals surface area contributed by atoms with Gasteiger partial charge in [0.25, 0.3) is 0 Å². The van der Waals surface area contributed by atoms with Gasteiger partial charge in [0.1, 0.15) is 17.9 Å². The topological polar surface area (TPSA) is 47.6 Å². The Balaban J connectivity index is 1.99. The molecule has 1 aromatic rings. The molecule has 0 amide bonds. The van der Waals surface area contributed by atoms with Crippen molar-refractivity contribution in [1.82, 2.24) is 5.32 Å². The van der Waals surface area contributed by atoms with E-state index in [4.69, 9.17) is 9.47 Å². The lowest BCUT2D eigenvalue weighted by molar-refractivity contribution is -0.152. The molecule has 0 aliphatic heterocycles. The lowest BCUT2D eigenvalue weighted by atomic mass is 10.0. The van der Waals surface area contributed by atoms with E-state index in [9.17, 15) is 4.79 Å². The maximum atomic E-state index is 12.1. The molecule has 0 heterocycles. The van der Waals surface area contributed by atoms with Crippen molar-refractivity contribution in [3.8, 4) is 5.75 Å². The van der Waals surface area contributed by atoms with Gasteiger partial charge >= 0.3 is 5.97 Å². The summed E-state index contributed by atoms with van der Waals surface area (Å²) < 4.78 is 10.9. The molecule has 0 radical (unpaired) electrons. The van der Waals surface area contributed by atoms with Gasteiger partial charge in [0, 0.05) is 6.04 Å². The summed E-state index contributed by atoms with van der Waals surface area (Å²) in [7, 11) is 0. The second-order valence-electron chi connectivity index (χ2n) is 5.57. The maximum Gasteiger partial charge on any atom is 0.329 e. The van der Waals surface area contributed by atoms with Gasteiger partial charge in [-0.15, -0.1) is 0 Å². The molecule has 4 heteroatoms. The maximum absolute atomic E-state index is 12.1. The Kier molecular flexibility index (Phi) is 4.65. The van der Waals surface area contributed by atoms with Gasteiger partial charge in [-0.3, -0.25) is 5.32 Å². The van der Waals surface area contributed by atoms with Gasteiger partial charge in [-0.2, -0.15) is 0 Å². The average Bonchev–Trinajstić information content (AvgIpc) is 3.22. The molecule has 1 aliphatic carbocycles. The van der Waals surface area contributed by atoms with E-state index in [2.05, 4.69) is 5.32 Å². The van der Waals surface area contributed by atoms with E-state index in [0.29, 0.717) is 12.6 Å². The number of benzene rings is 1. The van der Waals surface area contributed by atoms with Crippen molar-refractivity contribution >= 4 is 5.97 Å². The minimum Gasteiger partial charge on any atom is -0.491 e. The van der Waals surface area contributed by atoms with E-state index >= 15 is 0 Å². The van der Waals surface area contributed by atoms with Gasteiger partial charge < -0.3 is 9.47 Å². The minimum absolute atomic E-state index is 0.251. The molecule has 0 saturated heterocycles. The monoisotopic (exact) mass is 277 g/mol. The van der Waals surface area contributed by atoms with Crippen LogP contribution in [0.2, 0.25) is 0 Å². The molecule has 1 N–H and O–H groups in total. The molecule has 0 aromatic heterocycles. The zero-order valence-electron chi connectivity index (χ0n) is 12.4. The molecule has 1 atom stereocenters. The van der Waals surface area contributed by atoms with Crippen molar-refractivity contribution in [3.63, 3.8) is 0 Å². The molecule has 2 rings (SSSR count). The number of ether oxygens (including phenoxy) is 2. The van der Waals surface area contributed by atoms with Crippen LogP contribution in [0.1, 0.15) is 32.3 Å². The average molecular weight is 277 g/mol. The molecule has 110 valence electrons. The first-order valence-electron chi connectivity index (χ1n) is 7.18. The Hall–Kier alpha value is -1.55. The second kappa shape index (κ2) is 6.27. The lowest BCUT2D eigenvalue weighted by Gasteiger charge is -2.28. The highest BCUT2D eigenvalue weighted by atomic mass is 16.5. The van der Waals surface area contributed by atoms with Crippen molar-refractivity contribution in [2.75, 3.05) is 13.2 Å². The summed E-state index contributed by atoms with van der Waals surface area (Å²) in [6.07, 6.45) is 2.22. The largest absolute Gasteiger partial charge is 0.491 e. The standard InChI is InChI=1S/C16H23NO3/c1-4-19-15(18)16(3,17-13-7-8-13)11-20-14-9-5-12(2)6-10-14/h5-6,9-10,13,17H,4,7-8,11H2,1-3H3. The van der Waals surface area contributed by atoms with Crippen LogP contribution in [0, 0.1) is 6.92 Å². The minimum atomic E-state index is -0.790. The smallest absolute Gasteiger partial charge is 0.329 e. The molecule has 0 spiro atoms. The molecule has 20 heavy (non-hydrogen) atoms. The Morgan fingerprint density at radius 1 is 1.35 bits per heavy atom. The van der Waals surface area contributed by atoms with Crippen LogP contribution < -0.4 is 10.1 Å². The SMILES string of the molecule is CCOC(=O)C(C)(COc1ccc(C)cc1)NC1CC1. The molecule has 1 aromatic carbocycles. The first-order valence-corrected chi connectivity index (χ1v) is 7.18. The molecular formula is C16H23NO3. The van der Waals surface area contributed by atoms with Crippen LogP contribution in [0.3, 0.4) is 0 Å². The van der Waals surface area contributed by atoms with E-state index in [0.717, 1.165) is 18.6 Å². The quantitative estimate of drug-likeness (QED) is 0.778. The van der Waals surface area contributed by atoms with E-state index in [1.807, 2.05) is 45.0 Å². The number of aryl methyl sites for hydroxylation is 1. The lowest BCUT2D eigenvalue weighted by Crippen LogP contribution is -2.55. The van der Waals surface area contributed by atoms with Crippen LogP contribution in [0.25, 0.3) is 0 Å². The van der Waals surface area contributed by atoms with Crippen molar-refractivity contribution in [1.29, 1.82) is 0 Å². The molecule has 1 aliphatic rings. The summed E-state index contributed by atoms with van der Waals surface area (Å²) >= 11 is 0. The number of esters is 1. The number of carbonyl (C=O) groups excluding carboxylic acids is 1. The predicted octanol–water partition coefficient (Wildman–Crippen LogP) is 2.45. The van der Waals surface area contributed by atoms with Crippen LogP contribution >= 0.6 is 0 Å². The number of rotatable bonds is 7. The van der Waals surface area contributed by atoms with Crippen LogP contribution in [0.5, 0.6) is 5.75 Å². The van der Waals surface area contributed by atoms with Gasteiger partial charge in [0.05, 0.1) is 6.61 Å². The van der Waals surface area contributed by atoms with Gasteiger partial charge in [-0.05, 0) is 45.7 Å². The molecule has 4 nitrogen and oxygen atoms in total. The summed E-state index contributed by atoms with van der Waals surface area (Å²) in [6.45, 7) is 6.34.